The van der Waals surface area contributed by atoms with E-state index in [1.165, 1.54) is 5.56 Å². The normalized spacial score (nSPS) is 24.1. The van der Waals surface area contributed by atoms with Crippen molar-refractivity contribution in [2.75, 3.05) is 50.9 Å². The standard InChI is InChI=1S/C22H26N2O3/c25-21-15-26-18-22(17-24(21)20-9-5-2-6-10-20)16-23(13-14-27-22)12-11-19-7-3-1-4-8-19/h1-10H,11-18H2. The Kier molecular flexibility index (Phi) is 5.53. The quantitative estimate of drug-likeness (QED) is 0.833. The fourth-order valence-electron chi connectivity index (χ4n) is 3.90. The molecule has 2 aromatic rings. The van der Waals surface area contributed by atoms with E-state index in [1.807, 2.05) is 41.3 Å². The first-order valence-corrected chi connectivity index (χ1v) is 9.58. The molecule has 0 saturated carbocycles. The van der Waals surface area contributed by atoms with Gasteiger partial charge in [0.2, 0.25) is 0 Å². The van der Waals surface area contributed by atoms with Gasteiger partial charge < -0.3 is 14.4 Å². The summed E-state index contributed by atoms with van der Waals surface area (Å²) < 4.78 is 11.9. The lowest BCUT2D eigenvalue weighted by atomic mass is 10.0. The van der Waals surface area contributed by atoms with Crippen molar-refractivity contribution in [2.24, 2.45) is 0 Å². The van der Waals surface area contributed by atoms with Crippen molar-refractivity contribution in [2.45, 2.75) is 12.0 Å². The molecule has 1 amide bonds. The Morgan fingerprint density at radius 1 is 0.963 bits per heavy atom. The highest BCUT2D eigenvalue weighted by Gasteiger charge is 2.42. The Balaban J connectivity index is 1.46. The monoisotopic (exact) mass is 366 g/mol. The van der Waals surface area contributed by atoms with E-state index in [9.17, 15) is 4.79 Å². The SMILES string of the molecule is O=C1COCC2(CN(CCc3ccccc3)CCO2)CN1c1ccccc1. The van der Waals surface area contributed by atoms with Crippen LogP contribution in [0.1, 0.15) is 5.56 Å². The van der Waals surface area contributed by atoms with Crippen molar-refractivity contribution in [1.29, 1.82) is 0 Å². The molecule has 2 aliphatic rings. The molecule has 0 N–H and O–H groups in total. The molecule has 4 rings (SSSR count). The van der Waals surface area contributed by atoms with Crippen LogP contribution in [-0.2, 0) is 20.7 Å². The van der Waals surface area contributed by atoms with E-state index < -0.39 is 5.60 Å². The minimum absolute atomic E-state index is 0.0110. The summed E-state index contributed by atoms with van der Waals surface area (Å²) in [5.41, 5.74) is 1.77. The van der Waals surface area contributed by atoms with E-state index in [0.717, 1.165) is 31.7 Å². The molecule has 5 heteroatoms. The fourth-order valence-corrected chi connectivity index (χ4v) is 3.90. The number of nitrogens with zero attached hydrogens (tertiary/aromatic N) is 2. The topological polar surface area (TPSA) is 42.0 Å². The maximum absolute atomic E-state index is 12.6. The molecule has 1 atom stereocenters. The highest BCUT2D eigenvalue weighted by Crippen LogP contribution is 2.26. The van der Waals surface area contributed by atoms with E-state index in [2.05, 4.69) is 29.2 Å². The Hall–Kier alpha value is -2.21. The van der Waals surface area contributed by atoms with E-state index in [0.29, 0.717) is 19.8 Å². The lowest BCUT2D eigenvalue weighted by Crippen LogP contribution is -2.59. The number of ether oxygens (including phenoxy) is 2. The molecule has 0 bridgehead atoms. The van der Waals surface area contributed by atoms with Crippen molar-refractivity contribution >= 4 is 11.6 Å². The first-order chi connectivity index (χ1) is 13.2. The van der Waals surface area contributed by atoms with Crippen LogP contribution in [0.15, 0.2) is 60.7 Å². The van der Waals surface area contributed by atoms with Crippen molar-refractivity contribution in [3.05, 3.63) is 66.2 Å². The number of anilines is 1. The van der Waals surface area contributed by atoms with Crippen molar-refractivity contribution in [3.63, 3.8) is 0 Å². The second-order valence-electron chi connectivity index (χ2n) is 7.35. The van der Waals surface area contributed by atoms with Crippen molar-refractivity contribution in [3.8, 4) is 0 Å². The van der Waals surface area contributed by atoms with Gasteiger partial charge in [0.25, 0.3) is 5.91 Å². The zero-order chi connectivity index (χ0) is 18.5. The Labute approximate surface area is 160 Å². The number of carbonyl (C=O) groups excluding carboxylic acids is 1. The van der Waals surface area contributed by atoms with Crippen LogP contribution >= 0.6 is 0 Å². The van der Waals surface area contributed by atoms with Gasteiger partial charge in [-0.3, -0.25) is 9.69 Å². The van der Waals surface area contributed by atoms with Crippen LogP contribution in [0, 0.1) is 0 Å². The summed E-state index contributed by atoms with van der Waals surface area (Å²) in [6.45, 7) is 4.40. The summed E-state index contributed by atoms with van der Waals surface area (Å²) in [6, 6.07) is 20.3. The lowest BCUT2D eigenvalue weighted by molar-refractivity contribution is -0.134. The van der Waals surface area contributed by atoms with Crippen LogP contribution in [0.5, 0.6) is 0 Å². The zero-order valence-corrected chi connectivity index (χ0v) is 15.5. The molecule has 5 nitrogen and oxygen atoms in total. The van der Waals surface area contributed by atoms with E-state index in [-0.39, 0.29) is 12.5 Å². The van der Waals surface area contributed by atoms with Crippen LogP contribution < -0.4 is 4.90 Å². The molecule has 0 aromatic heterocycles. The average Bonchev–Trinajstić information content (AvgIpc) is 2.87. The second kappa shape index (κ2) is 8.21. The van der Waals surface area contributed by atoms with Gasteiger partial charge in [-0.25, -0.2) is 0 Å². The Morgan fingerprint density at radius 3 is 2.48 bits per heavy atom. The lowest BCUT2D eigenvalue weighted by Gasteiger charge is -2.43. The first-order valence-electron chi connectivity index (χ1n) is 9.58. The number of morpholine rings is 1. The van der Waals surface area contributed by atoms with Crippen LogP contribution in [0.4, 0.5) is 5.69 Å². The number of hydrogen-bond acceptors (Lipinski definition) is 4. The fraction of sp³-hybridized carbons (Fsp3) is 0.409. The number of hydrogen-bond donors (Lipinski definition) is 0. The molecule has 2 aliphatic heterocycles. The molecule has 1 unspecified atom stereocenters. The number of para-hydroxylation sites is 1. The first kappa shape index (κ1) is 18.2. The third-order valence-corrected chi connectivity index (χ3v) is 5.29. The minimum Gasteiger partial charge on any atom is -0.368 e. The van der Waals surface area contributed by atoms with Gasteiger partial charge >= 0.3 is 0 Å². The Morgan fingerprint density at radius 2 is 1.70 bits per heavy atom. The van der Waals surface area contributed by atoms with Crippen molar-refractivity contribution in [1.82, 2.24) is 4.90 Å². The van der Waals surface area contributed by atoms with E-state index in [1.54, 1.807) is 0 Å². The van der Waals surface area contributed by atoms with Gasteiger partial charge in [-0.2, -0.15) is 0 Å². The van der Waals surface area contributed by atoms with Crippen LogP contribution in [0.25, 0.3) is 0 Å². The molecule has 0 aliphatic carbocycles. The molecular formula is C22H26N2O3. The maximum Gasteiger partial charge on any atom is 0.253 e. The van der Waals surface area contributed by atoms with Crippen LogP contribution in [0.2, 0.25) is 0 Å². The van der Waals surface area contributed by atoms with Gasteiger partial charge in [-0.1, -0.05) is 48.5 Å². The van der Waals surface area contributed by atoms with E-state index in [4.69, 9.17) is 9.47 Å². The number of benzene rings is 2. The molecule has 142 valence electrons. The highest BCUT2D eigenvalue weighted by molar-refractivity contribution is 5.94. The summed E-state index contributed by atoms with van der Waals surface area (Å²) in [5.74, 6) is -0.0110. The molecular weight excluding hydrogens is 340 g/mol. The van der Waals surface area contributed by atoms with Crippen molar-refractivity contribution < 1.29 is 14.3 Å². The third-order valence-electron chi connectivity index (χ3n) is 5.29. The molecule has 2 fully saturated rings. The minimum atomic E-state index is -0.475. The van der Waals surface area contributed by atoms with Gasteiger partial charge in [0, 0.05) is 25.3 Å². The second-order valence-corrected chi connectivity index (χ2v) is 7.35. The molecule has 2 aromatic carbocycles. The zero-order valence-electron chi connectivity index (χ0n) is 15.5. The molecule has 0 radical (unpaired) electrons. The third kappa shape index (κ3) is 4.38. The van der Waals surface area contributed by atoms with Crippen LogP contribution in [0.3, 0.4) is 0 Å². The van der Waals surface area contributed by atoms with Gasteiger partial charge in [0.05, 0.1) is 19.8 Å². The maximum atomic E-state index is 12.6. The molecule has 2 heterocycles. The number of rotatable bonds is 4. The number of amides is 1. The smallest absolute Gasteiger partial charge is 0.253 e. The summed E-state index contributed by atoms with van der Waals surface area (Å²) in [6.07, 6.45) is 1.01. The van der Waals surface area contributed by atoms with Gasteiger partial charge in [-0.15, -0.1) is 0 Å². The largest absolute Gasteiger partial charge is 0.368 e. The molecule has 1 spiro atoms. The predicted molar refractivity (Wildman–Crippen MR) is 105 cm³/mol. The van der Waals surface area contributed by atoms with Gasteiger partial charge in [0.15, 0.2) is 0 Å². The Bertz CT molecular complexity index is 753. The van der Waals surface area contributed by atoms with Gasteiger partial charge in [0.1, 0.15) is 12.2 Å². The van der Waals surface area contributed by atoms with Gasteiger partial charge in [-0.05, 0) is 24.1 Å². The average molecular weight is 366 g/mol. The van der Waals surface area contributed by atoms with Crippen LogP contribution in [-0.4, -0.2) is 62.4 Å². The summed E-state index contributed by atoms with van der Waals surface area (Å²) in [4.78, 5) is 16.8. The van der Waals surface area contributed by atoms with E-state index >= 15 is 0 Å². The number of carbonyl (C=O) groups is 1. The molecule has 2 saturated heterocycles. The highest BCUT2D eigenvalue weighted by atomic mass is 16.5. The summed E-state index contributed by atoms with van der Waals surface area (Å²) in [7, 11) is 0. The summed E-state index contributed by atoms with van der Waals surface area (Å²) >= 11 is 0. The molecule has 27 heavy (non-hydrogen) atoms. The predicted octanol–water partition coefficient (Wildman–Crippen LogP) is 2.36. The summed E-state index contributed by atoms with van der Waals surface area (Å²) in [5, 5.41) is 0.